The van der Waals surface area contributed by atoms with Gasteiger partial charge in [0.05, 0.1) is 6.04 Å². The van der Waals surface area contributed by atoms with Crippen LogP contribution in [0.25, 0.3) is 0 Å². The maximum absolute atomic E-state index is 14.0. The fraction of sp³-hybridized carbons (Fsp3) is 0.429. The number of carbonyl (C=O) groups is 2. The number of hydrogen-bond donors (Lipinski definition) is 2. The molecule has 2 aliphatic rings. The zero-order valence-electron chi connectivity index (χ0n) is 25.6. The number of likely N-dealkylation sites (N-methyl/N-ethyl adjacent to an activating group) is 1. The molecule has 0 spiro atoms. The molecule has 44 heavy (non-hydrogen) atoms. The molecular weight excluding hydrogens is 577 g/mol. The standard InChI is InChI=1S/C35H43ClFN5O2/c1-3-40(4-2)24-33(26-8-6-5-7-9-26)41-16-18-42(19-17-41)35(44)32(20-25-10-13-29(36)14-11-25)39-34(43)31-22-27-12-15-30(37)21-28(27)23-38-31/h5-15,21,31-33,38H,3-4,16-20,22-24H2,1-2H3,(H,39,43)/t31-,32-,33?/m1/s1. The molecule has 0 aromatic heterocycles. The quantitative estimate of drug-likeness (QED) is 0.332. The summed E-state index contributed by atoms with van der Waals surface area (Å²) < 4.78 is 13.7. The minimum atomic E-state index is -0.716. The summed E-state index contributed by atoms with van der Waals surface area (Å²) in [5.41, 5.74) is 4.01. The summed E-state index contributed by atoms with van der Waals surface area (Å²) in [6.45, 7) is 10.4. The Bertz CT molecular complexity index is 1390. The predicted molar refractivity (Wildman–Crippen MR) is 173 cm³/mol. The number of nitrogens with one attached hydrogen (secondary N) is 2. The Balaban J connectivity index is 1.28. The lowest BCUT2D eigenvalue weighted by molar-refractivity contribution is -0.138. The van der Waals surface area contributed by atoms with Gasteiger partial charge in [-0.3, -0.25) is 14.5 Å². The van der Waals surface area contributed by atoms with Crippen molar-refractivity contribution in [3.63, 3.8) is 0 Å². The van der Waals surface area contributed by atoms with E-state index in [4.69, 9.17) is 11.6 Å². The second-order valence-corrected chi connectivity index (χ2v) is 12.2. The Morgan fingerprint density at radius 3 is 2.36 bits per heavy atom. The number of rotatable bonds is 11. The molecule has 2 aliphatic heterocycles. The highest BCUT2D eigenvalue weighted by atomic mass is 35.5. The van der Waals surface area contributed by atoms with E-state index < -0.39 is 12.1 Å². The van der Waals surface area contributed by atoms with Gasteiger partial charge in [-0.05, 0) is 66.0 Å². The van der Waals surface area contributed by atoms with Gasteiger partial charge in [0.1, 0.15) is 11.9 Å². The van der Waals surface area contributed by atoms with Crippen LogP contribution in [0.4, 0.5) is 4.39 Å². The van der Waals surface area contributed by atoms with Crippen molar-refractivity contribution in [3.8, 4) is 0 Å². The summed E-state index contributed by atoms with van der Waals surface area (Å²) in [7, 11) is 0. The van der Waals surface area contributed by atoms with Crippen LogP contribution in [0.3, 0.4) is 0 Å². The first-order chi connectivity index (χ1) is 21.3. The molecule has 2 N–H and O–H groups in total. The van der Waals surface area contributed by atoms with E-state index >= 15 is 0 Å². The molecule has 2 heterocycles. The van der Waals surface area contributed by atoms with Gasteiger partial charge in [-0.25, -0.2) is 4.39 Å². The minimum absolute atomic E-state index is 0.0776. The first-order valence-corrected chi connectivity index (χ1v) is 16.1. The van der Waals surface area contributed by atoms with E-state index in [-0.39, 0.29) is 23.7 Å². The zero-order chi connectivity index (χ0) is 31.1. The third-order valence-corrected chi connectivity index (χ3v) is 9.24. The Hall–Kier alpha value is -3.30. The maximum atomic E-state index is 14.0. The van der Waals surface area contributed by atoms with Crippen molar-refractivity contribution in [3.05, 3.63) is 106 Å². The number of piperazine rings is 1. The Morgan fingerprint density at radius 2 is 1.68 bits per heavy atom. The molecule has 5 rings (SSSR count). The molecule has 0 radical (unpaired) electrons. The highest BCUT2D eigenvalue weighted by molar-refractivity contribution is 6.30. The normalized spacial score (nSPS) is 18.5. The van der Waals surface area contributed by atoms with Gasteiger partial charge in [-0.1, -0.05) is 74.0 Å². The Kier molecular flexibility index (Phi) is 11.0. The average molecular weight is 620 g/mol. The fourth-order valence-corrected chi connectivity index (χ4v) is 6.43. The van der Waals surface area contributed by atoms with Gasteiger partial charge in [-0.2, -0.15) is 0 Å². The van der Waals surface area contributed by atoms with Crippen molar-refractivity contribution in [1.29, 1.82) is 0 Å². The third-order valence-electron chi connectivity index (χ3n) is 8.99. The van der Waals surface area contributed by atoms with E-state index in [2.05, 4.69) is 58.5 Å². The van der Waals surface area contributed by atoms with Gasteiger partial charge < -0.3 is 20.4 Å². The van der Waals surface area contributed by atoms with Crippen LogP contribution < -0.4 is 10.6 Å². The topological polar surface area (TPSA) is 67.9 Å². The van der Waals surface area contributed by atoms with Gasteiger partial charge in [0.25, 0.3) is 0 Å². The molecule has 1 unspecified atom stereocenters. The van der Waals surface area contributed by atoms with E-state index in [0.717, 1.165) is 49.4 Å². The molecule has 7 nitrogen and oxygen atoms in total. The zero-order valence-corrected chi connectivity index (χ0v) is 26.4. The minimum Gasteiger partial charge on any atom is -0.343 e. The van der Waals surface area contributed by atoms with Crippen LogP contribution in [-0.2, 0) is 29.0 Å². The lowest BCUT2D eigenvalue weighted by atomic mass is 9.95. The van der Waals surface area contributed by atoms with Crippen LogP contribution in [0.15, 0.2) is 72.8 Å². The van der Waals surface area contributed by atoms with E-state index in [1.54, 1.807) is 18.2 Å². The number of hydrogen-bond acceptors (Lipinski definition) is 5. The smallest absolute Gasteiger partial charge is 0.245 e. The summed E-state index contributed by atoms with van der Waals surface area (Å²) in [5, 5.41) is 6.92. The SMILES string of the molecule is CCN(CC)CC(c1ccccc1)N1CCN(C(=O)[C@@H](Cc2ccc(Cl)cc2)NC(=O)[C@H]2Cc3ccc(F)cc3CN2)CC1. The molecule has 0 saturated carbocycles. The Morgan fingerprint density at radius 1 is 0.977 bits per heavy atom. The van der Waals surface area contributed by atoms with Crippen molar-refractivity contribution in [1.82, 2.24) is 25.3 Å². The van der Waals surface area contributed by atoms with Gasteiger partial charge in [-0.15, -0.1) is 0 Å². The van der Waals surface area contributed by atoms with Crippen molar-refractivity contribution >= 4 is 23.4 Å². The summed E-state index contributed by atoms with van der Waals surface area (Å²) in [5.74, 6) is -0.592. The van der Waals surface area contributed by atoms with E-state index in [0.29, 0.717) is 37.5 Å². The summed E-state index contributed by atoms with van der Waals surface area (Å²) in [4.78, 5) is 34.4. The van der Waals surface area contributed by atoms with Crippen LogP contribution >= 0.6 is 11.6 Å². The molecule has 9 heteroatoms. The van der Waals surface area contributed by atoms with Crippen molar-refractivity contribution in [2.24, 2.45) is 0 Å². The number of carbonyl (C=O) groups excluding carboxylic acids is 2. The van der Waals surface area contributed by atoms with Crippen LogP contribution in [0, 0.1) is 5.82 Å². The summed E-state index contributed by atoms with van der Waals surface area (Å²) in [6, 6.07) is 21.7. The number of nitrogens with zero attached hydrogens (tertiary/aromatic N) is 3. The predicted octanol–water partition coefficient (Wildman–Crippen LogP) is 4.45. The summed E-state index contributed by atoms with van der Waals surface area (Å²) >= 11 is 6.12. The molecular formula is C35H43ClFN5O2. The van der Waals surface area contributed by atoms with Gasteiger partial charge in [0.15, 0.2) is 0 Å². The molecule has 0 aliphatic carbocycles. The van der Waals surface area contributed by atoms with Crippen molar-refractivity contribution < 1.29 is 14.0 Å². The second-order valence-electron chi connectivity index (χ2n) is 11.7. The maximum Gasteiger partial charge on any atom is 0.245 e. The lowest BCUT2D eigenvalue weighted by Crippen LogP contribution is -2.58. The molecule has 3 aromatic carbocycles. The summed E-state index contributed by atoms with van der Waals surface area (Å²) in [6.07, 6.45) is 0.806. The first kappa shape index (κ1) is 32.1. The van der Waals surface area contributed by atoms with Gasteiger partial charge in [0, 0.05) is 56.8 Å². The second kappa shape index (κ2) is 15.1. The first-order valence-electron chi connectivity index (χ1n) is 15.7. The van der Waals surface area contributed by atoms with Crippen LogP contribution in [0.5, 0.6) is 0 Å². The van der Waals surface area contributed by atoms with E-state index in [9.17, 15) is 14.0 Å². The van der Waals surface area contributed by atoms with E-state index in [1.807, 2.05) is 23.1 Å². The fourth-order valence-electron chi connectivity index (χ4n) is 6.31. The van der Waals surface area contributed by atoms with Crippen LogP contribution in [0.1, 0.15) is 42.1 Å². The number of halogens is 2. The molecule has 1 saturated heterocycles. The van der Waals surface area contributed by atoms with Gasteiger partial charge >= 0.3 is 0 Å². The third kappa shape index (κ3) is 8.04. The number of amides is 2. The monoisotopic (exact) mass is 619 g/mol. The molecule has 234 valence electrons. The van der Waals surface area contributed by atoms with Crippen LogP contribution in [0.2, 0.25) is 5.02 Å². The van der Waals surface area contributed by atoms with Gasteiger partial charge in [0.2, 0.25) is 11.8 Å². The van der Waals surface area contributed by atoms with Crippen LogP contribution in [-0.4, -0.2) is 84.4 Å². The average Bonchev–Trinajstić information content (AvgIpc) is 3.06. The highest BCUT2D eigenvalue weighted by Gasteiger charge is 2.34. The largest absolute Gasteiger partial charge is 0.343 e. The highest BCUT2D eigenvalue weighted by Crippen LogP contribution is 2.24. The van der Waals surface area contributed by atoms with E-state index in [1.165, 1.54) is 17.7 Å². The van der Waals surface area contributed by atoms with Crippen molar-refractivity contribution in [2.75, 3.05) is 45.8 Å². The number of fused-ring (bicyclic) bond motifs is 1. The molecule has 0 bridgehead atoms. The molecule has 3 aromatic rings. The van der Waals surface area contributed by atoms with Crippen molar-refractivity contribution in [2.45, 2.75) is 51.4 Å². The molecule has 3 atom stereocenters. The molecule has 2 amide bonds. The molecule has 1 fully saturated rings. The number of benzene rings is 3. The Labute approximate surface area is 265 Å². The lowest BCUT2D eigenvalue weighted by Gasteiger charge is -2.42.